The van der Waals surface area contributed by atoms with Crippen molar-refractivity contribution in [1.29, 1.82) is 0 Å². The van der Waals surface area contributed by atoms with Crippen LogP contribution in [0.2, 0.25) is 0 Å². The van der Waals surface area contributed by atoms with Crippen LogP contribution in [0.25, 0.3) is 6.08 Å². The molecule has 0 saturated heterocycles. The molecular weight excluding hydrogens is 214 g/mol. The van der Waals surface area contributed by atoms with E-state index in [2.05, 4.69) is 12.1 Å². The van der Waals surface area contributed by atoms with E-state index >= 15 is 0 Å². The maximum Gasteiger partial charge on any atom is 0.119 e. The molecule has 1 aromatic rings. The second kappa shape index (κ2) is 6.74. The van der Waals surface area contributed by atoms with Crippen molar-refractivity contribution in [1.82, 2.24) is 0 Å². The van der Waals surface area contributed by atoms with Crippen LogP contribution in [-0.4, -0.2) is 17.5 Å². The van der Waals surface area contributed by atoms with Gasteiger partial charge in [0.25, 0.3) is 0 Å². The first-order valence-electron chi connectivity index (χ1n) is 5.77. The van der Waals surface area contributed by atoms with Crippen molar-refractivity contribution in [3.8, 4) is 5.75 Å². The summed E-state index contributed by atoms with van der Waals surface area (Å²) in [6.45, 7) is 6.48. The molecule has 3 nitrogen and oxygen atoms in total. The molecule has 0 aliphatic heterocycles. The van der Waals surface area contributed by atoms with Crippen LogP contribution < -0.4 is 4.74 Å². The fraction of sp³-hybridized carbons (Fsp3) is 0.357. The van der Waals surface area contributed by atoms with Crippen LogP contribution in [-0.2, 0) is 0 Å². The number of oxime groups is 1. The lowest BCUT2D eigenvalue weighted by Gasteiger charge is -2.05. The Hall–Kier alpha value is -1.77. The van der Waals surface area contributed by atoms with Crippen molar-refractivity contribution in [2.45, 2.75) is 27.2 Å². The Kier molecular flexibility index (Phi) is 5.27. The second-order valence-electron chi connectivity index (χ2n) is 3.93. The van der Waals surface area contributed by atoms with Crippen LogP contribution in [0.15, 0.2) is 35.0 Å². The molecule has 0 amide bonds. The molecule has 3 heteroatoms. The van der Waals surface area contributed by atoms with Gasteiger partial charge in [0.05, 0.1) is 12.3 Å². The summed E-state index contributed by atoms with van der Waals surface area (Å²) < 4.78 is 5.56. The summed E-state index contributed by atoms with van der Waals surface area (Å²) in [4.78, 5) is 0. The third-order valence-corrected chi connectivity index (χ3v) is 2.43. The molecule has 0 unspecified atom stereocenters. The van der Waals surface area contributed by atoms with Gasteiger partial charge < -0.3 is 9.94 Å². The normalized spacial score (nSPS) is 12.6. The third-order valence-electron chi connectivity index (χ3n) is 2.43. The van der Waals surface area contributed by atoms with E-state index in [-0.39, 0.29) is 0 Å². The average Bonchev–Trinajstić information content (AvgIpc) is 2.35. The molecule has 1 rings (SSSR count). The predicted molar refractivity (Wildman–Crippen MR) is 70.8 cm³/mol. The molecule has 1 aromatic carbocycles. The number of nitrogens with zero attached hydrogens (tertiary/aromatic N) is 1. The van der Waals surface area contributed by atoms with Crippen molar-refractivity contribution >= 4 is 11.8 Å². The summed E-state index contributed by atoms with van der Waals surface area (Å²) in [5.74, 6) is 0.868. The van der Waals surface area contributed by atoms with E-state index in [1.807, 2.05) is 37.3 Å². The molecule has 0 atom stereocenters. The molecular formula is C14H19NO2. The predicted octanol–water partition coefficient (Wildman–Crippen LogP) is 3.73. The second-order valence-corrected chi connectivity index (χ2v) is 3.93. The van der Waals surface area contributed by atoms with Gasteiger partial charge in [0, 0.05) is 0 Å². The maximum absolute atomic E-state index is 8.68. The van der Waals surface area contributed by atoms with Gasteiger partial charge in [-0.05, 0) is 49.6 Å². The molecule has 0 fully saturated rings. The summed E-state index contributed by atoms with van der Waals surface area (Å²) >= 11 is 0. The zero-order chi connectivity index (χ0) is 12.7. The van der Waals surface area contributed by atoms with Gasteiger partial charge in [0.15, 0.2) is 0 Å². The standard InChI is InChI=1S/C14H19NO2/c1-4-8-17-14-7-5-6-13(10-14)9-11(2)12(3)15-16/h5-7,9-10,16H,4,8H2,1-3H3/b11-9-,15-12+. The van der Waals surface area contributed by atoms with E-state index < -0.39 is 0 Å². The van der Waals surface area contributed by atoms with E-state index in [4.69, 9.17) is 9.94 Å². The Morgan fingerprint density at radius 3 is 2.82 bits per heavy atom. The van der Waals surface area contributed by atoms with Gasteiger partial charge in [-0.3, -0.25) is 0 Å². The minimum absolute atomic E-state index is 0.616. The van der Waals surface area contributed by atoms with Crippen LogP contribution in [0.5, 0.6) is 5.75 Å². The lowest BCUT2D eigenvalue weighted by atomic mass is 10.1. The van der Waals surface area contributed by atoms with Gasteiger partial charge in [-0.1, -0.05) is 24.2 Å². The fourth-order valence-electron chi connectivity index (χ4n) is 1.35. The zero-order valence-electron chi connectivity index (χ0n) is 10.6. The van der Waals surface area contributed by atoms with E-state index in [1.54, 1.807) is 6.92 Å². The van der Waals surface area contributed by atoms with Crippen LogP contribution >= 0.6 is 0 Å². The highest BCUT2D eigenvalue weighted by molar-refractivity contribution is 6.01. The number of hydrogen-bond acceptors (Lipinski definition) is 3. The van der Waals surface area contributed by atoms with Crippen molar-refractivity contribution in [2.24, 2.45) is 5.16 Å². The molecule has 0 aliphatic carbocycles. The Labute approximate surface area is 102 Å². The fourth-order valence-corrected chi connectivity index (χ4v) is 1.35. The monoisotopic (exact) mass is 233 g/mol. The number of ether oxygens (including phenoxy) is 1. The molecule has 0 heterocycles. The highest BCUT2D eigenvalue weighted by Crippen LogP contribution is 2.16. The Bertz CT molecular complexity index is 422. The molecule has 17 heavy (non-hydrogen) atoms. The van der Waals surface area contributed by atoms with E-state index in [0.29, 0.717) is 5.71 Å². The summed E-state index contributed by atoms with van der Waals surface area (Å²) in [6, 6.07) is 7.86. The van der Waals surface area contributed by atoms with E-state index in [1.165, 1.54) is 0 Å². The minimum atomic E-state index is 0.616. The number of hydrogen-bond donors (Lipinski definition) is 1. The minimum Gasteiger partial charge on any atom is -0.494 e. The molecule has 1 N–H and O–H groups in total. The zero-order valence-corrected chi connectivity index (χ0v) is 10.6. The van der Waals surface area contributed by atoms with Crippen LogP contribution in [0, 0.1) is 0 Å². The molecule has 0 aromatic heterocycles. The largest absolute Gasteiger partial charge is 0.494 e. The molecule has 0 bridgehead atoms. The van der Waals surface area contributed by atoms with Gasteiger partial charge in [-0.2, -0.15) is 0 Å². The Balaban J connectivity index is 2.85. The van der Waals surface area contributed by atoms with E-state index in [9.17, 15) is 0 Å². The van der Waals surface area contributed by atoms with Gasteiger partial charge in [0.1, 0.15) is 5.75 Å². The highest BCUT2D eigenvalue weighted by atomic mass is 16.5. The van der Waals surface area contributed by atoms with Gasteiger partial charge in [0.2, 0.25) is 0 Å². The van der Waals surface area contributed by atoms with Gasteiger partial charge >= 0.3 is 0 Å². The lowest BCUT2D eigenvalue weighted by Crippen LogP contribution is -1.95. The van der Waals surface area contributed by atoms with Crippen LogP contribution in [0.1, 0.15) is 32.8 Å². The Morgan fingerprint density at radius 1 is 1.41 bits per heavy atom. The summed E-state index contributed by atoms with van der Waals surface area (Å²) in [6.07, 6.45) is 2.96. The first-order chi connectivity index (χ1) is 8.17. The third kappa shape index (κ3) is 4.31. The molecule has 0 aliphatic rings. The van der Waals surface area contributed by atoms with E-state index in [0.717, 1.165) is 29.9 Å². The van der Waals surface area contributed by atoms with Crippen molar-refractivity contribution in [3.63, 3.8) is 0 Å². The van der Waals surface area contributed by atoms with Gasteiger partial charge in [-0.25, -0.2) is 0 Å². The summed E-state index contributed by atoms with van der Waals surface area (Å²) in [5.41, 5.74) is 2.59. The first kappa shape index (κ1) is 13.3. The smallest absolute Gasteiger partial charge is 0.119 e. The van der Waals surface area contributed by atoms with Crippen molar-refractivity contribution in [2.75, 3.05) is 6.61 Å². The first-order valence-corrected chi connectivity index (χ1v) is 5.77. The number of rotatable bonds is 5. The number of allylic oxidation sites excluding steroid dienone is 1. The van der Waals surface area contributed by atoms with Crippen LogP contribution in [0.4, 0.5) is 0 Å². The topological polar surface area (TPSA) is 41.8 Å². The molecule has 92 valence electrons. The Morgan fingerprint density at radius 2 is 2.18 bits per heavy atom. The van der Waals surface area contributed by atoms with Gasteiger partial charge in [-0.15, -0.1) is 0 Å². The summed E-state index contributed by atoms with van der Waals surface area (Å²) in [5, 5.41) is 11.9. The lowest BCUT2D eigenvalue weighted by molar-refractivity contribution is 0.317. The highest BCUT2D eigenvalue weighted by Gasteiger charge is 1.98. The molecule has 0 spiro atoms. The SMILES string of the molecule is CCCOc1cccc(/C=C(C)\C(C)=N\O)c1. The molecule has 0 radical (unpaired) electrons. The summed E-state index contributed by atoms with van der Waals surface area (Å²) in [7, 11) is 0. The number of benzene rings is 1. The molecule has 0 saturated carbocycles. The van der Waals surface area contributed by atoms with Crippen molar-refractivity contribution < 1.29 is 9.94 Å². The maximum atomic E-state index is 8.68. The van der Waals surface area contributed by atoms with Crippen LogP contribution in [0.3, 0.4) is 0 Å². The average molecular weight is 233 g/mol. The van der Waals surface area contributed by atoms with Crippen molar-refractivity contribution in [3.05, 3.63) is 35.4 Å². The quantitative estimate of drug-likeness (QED) is 0.478.